The third-order valence-electron chi connectivity index (χ3n) is 3.86. The van der Waals surface area contributed by atoms with Crippen molar-refractivity contribution in [2.75, 3.05) is 40.3 Å². The molecule has 0 aromatic heterocycles. The predicted octanol–water partition coefficient (Wildman–Crippen LogP) is 1.60. The number of carbonyl (C=O) groups excluding carboxylic acids is 1. The number of likely N-dealkylation sites (tertiary alicyclic amines) is 1. The van der Waals surface area contributed by atoms with Gasteiger partial charge >= 0.3 is 5.97 Å². The van der Waals surface area contributed by atoms with Gasteiger partial charge in [-0.05, 0) is 59.3 Å². The van der Waals surface area contributed by atoms with E-state index in [1.54, 1.807) is 0 Å². The SMILES string of the molecule is CCOC(=O)C(CC)N(C)CC1CCN(C)CC1. The highest BCUT2D eigenvalue weighted by Crippen LogP contribution is 2.18. The maximum absolute atomic E-state index is 11.8. The normalized spacial score (nSPS) is 20.1. The van der Waals surface area contributed by atoms with Crippen molar-refractivity contribution >= 4 is 5.97 Å². The van der Waals surface area contributed by atoms with Gasteiger partial charge in [0.2, 0.25) is 0 Å². The number of carbonyl (C=O) groups is 1. The minimum atomic E-state index is -0.0791. The molecule has 0 aromatic carbocycles. The first kappa shape index (κ1) is 15.4. The molecule has 0 aliphatic carbocycles. The summed E-state index contributed by atoms with van der Waals surface area (Å²) in [6, 6.07) is -0.0791. The predicted molar refractivity (Wildman–Crippen MR) is 73.6 cm³/mol. The molecule has 4 heteroatoms. The van der Waals surface area contributed by atoms with Crippen LogP contribution in [0.2, 0.25) is 0 Å². The molecule has 0 aromatic rings. The van der Waals surface area contributed by atoms with Gasteiger partial charge in [-0.1, -0.05) is 6.92 Å². The van der Waals surface area contributed by atoms with Gasteiger partial charge in [-0.25, -0.2) is 0 Å². The average Bonchev–Trinajstić information content (AvgIpc) is 2.33. The zero-order valence-corrected chi connectivity index (χ0v) is 12.3. The van der Waals surface area contributed by atoms with Gasteiger partial charge in [-0.2, -0.15) is 0 Å². The van der Waals surface area contributed by atoms with Gasteiger partial charge in [0.1, 0.15) is 6.04 Å². The fraction of sp³-hybridized carbons (Fsp3) is 0.929. The second-order valence-electron chi connectivity index (χ2n) is 5.36. The lowest BCUT2D eigenvalue weighted by Crippen LogP contribution is -2.43. The summed E-state index contributed by atoms with van der Waals surface area (Å²) in [6.07, 6.45) is 3.29. The molecule has 1 aliphatic heterocycles. The second-order valence-corrected chi connectivity index (χ2v) is 5.36. The number of likely N-dealkylation sites (N-methyl/N-ethyl adjacent to an activating group) is 1. The molecule has 1 aliphatic rings. The molecule has 106 valence electrons. The summed E-state index contributed by atoms with van der Waals surface area (Å²) >= 11 is 0. The lowest BCUT2D eigenvalue weighted by Gasteiger charge is -2.33. The van der Waals surface area contributed by atoms with E-state index in [-0.39, 0.29) is 12.0 Å². The van der Waals surface area contributed by atoms with Crippen LogP contribution in [0.25, 0.3) is 0 Å². The van der Waals surface area contributed by atoms with Crippen LogP contribution in [-0.4, -0.2) is 62.1 Å². The van der Waals surface area contributed by atoms with Crippen LogP contribution in [0.4, 0.5) is 0 Å². The van der Waals surface area contributed by atoms with Crippen LogP contribution >= 0.6 is 0 Å². The van der Waals surface area contributed by atoms with Crippen LogP contribution in [0.3, 0.4) is 0 Å². The van der Waals surface area contributed by atoms with E-state index in [0.717, 1.165) is 18.9 Å². The molecule has 0 radical (unpaired) electrons. The molecule has 0 N–H and O–H groups in total. The highest BCUT2D eigenvalue weighted by atomic mass is 16.5. The Kier molecular flexibility index (Phi) is 6.65. The molecule has 18 heavy (non-hydrogen) atoms. The van der Waals surface area contributed by atoms with Crippen LogP contribution in [0.1, 0.15) is 33.1 Å². The van der Waals surface area contributed by atoms with Crippen molar-refractivity contribution in [3.63, 3.8) is 0 Å². The van der Waals surface area contributed by atoms with Crippen molar-refractivity contribution in [3.05, 3.63) is 0 Å². The summed E-state index contributed by atoms with van der Waals surface area (Å²) in [5.74, 6) is 0.644. The second kappa shape index (κ2) is 7.74. The maximum Gasteiger partial charge on any atom is 0.323 e. The third kappa shape index (κ3) is 4.58. The zero-order valence-electron chi connectivity index (χ0n) is 12.3. The van der Waals surface area contributed by atoms with Crippen molar-refractivity contribution in [1.82, 2.24) is 9.80 Å². The third-order valence-corrected chi connectivity index (χ3v) is 3.86. The molecule has 0 saturated carbocycles. The van der Waals surface area contributed by atoms with Crippen molar-refractivity contribution < 1.29 is 9.53 Å². The Labute approximate surface area is 111 Å². The Bertz CT molecular complexity index is 250. The van der Waals surface area contributed by atoms with Gasteiger partial charge in [-0.3, -0.25) is 9.69 Å². The van der Waals surface area contributed by atoms with E-state index in [1.807, 2.05) is 20.9 Å². The van der Waals surface area contributed by atoms with Gasteiger partial charge in [0.05, 0.1) is 6.61 Å². The molecule has 4 nitrogen and oxygen atoms in total. The first-order valence-corrected chi connectivity index (χ1v) is 7.13. The van der Waals surface area contributed by atoms with Crippen LogP contribution in [-0.2, 0) is 9.53 Å². The van der Waals surface area contributed by atoms with E-state index in [4.69, 9.17) is 4.74 Å². The summed E-state index contributed by atoms with van der Waals surface area (Å²) in [6.45, 7) is 7.74. The Morgan fingerprint density at radius 1 is 1.39 bits per heavy atom. The Hall–Kier alpha value is -0.610. The summed E-state index contributed by atoms with van der Waals surface area (Å²) < 4.78 is 5.13. The van der Waals surface area contributed by atoms with Crippen molar-refractivity contribution in [3.8, 4) is 0 Å². The maximum atomic E-state index is 11.8. The van der Waals surface area contributed by atoms with Crippen molar-refractivity contribution in [1.29, 1.82) is 0 Å². The van der Waals surface area contributed by atoms with Gasteiger partial charge < -0.3 is 9.64 Å². The fourth-order valence-electron chi connectivity index (χ4n) is 2.68. The number of nitrogens with zero attached hydrogens (tertiary/aromatic N) is 2. The van der Waals surface area contributed by atoms with Gasteiger partial charge in [-0.15, -0.1) is 0 Å². The van der Waals surface area contributed by atoms with Crippen molar-refractivity contribution in [2.24, 2.45) is 5.92 Å². The molecule has 1 rings (SSSR count). The van der Waals surface area contributed by atoms with Crippen LogP contribution in [0, 0.1) is 5.92 Å². The summed E-state index contributed by atoms with van der Waals surface area (Å²) in [5, 5.41) is 0. The minimum absolute atomic E-state index is 0.0737. The Morgan fingerprint density at radius 3 is 2.50 bits per heavy atom. The number of ether oxygens (including phenoxy) is 1. The van der Waals surface area contributed by atoms with Crippen LogP contribution in [0.5, 0.6) is 0 Å². The number of hydrogen-bond donors (Lipinski definition) is 0. The van der Waals surface area contributed by atoms with E-state index in [2.05, 4.69) is 16.8 Å². The van der Waals surface area contributed by atoms with Gasteiger partial charge in [0.25, 0.3) is 0 Å². The Balaban J connectivity index is 2.41. The molecule has 1 unspecified atom stereocenters. The molecule has 1 fully saturated rings. The van der Waals surface area contributed by atoms with Crippen LogP contribution < -0.4 is 0 Å². The van der Waals surface area contributed by atoms with E-state index >= 15 is 0 Å². The van der Waals surface area contributed by atoms with E-state index in [9.17, 15) is 4.79 Å². The molecular weight excluding hydrogens is 228 g/mol. The first-order chi connectivity index (χ1) is 8.58. The molecule has 1 heterocycles. The topological polar surface area (TPSA) is 32.8 Å². The zero-order chi connectivity index (χ0) is 13.5. The monoisotopic (exact) mass is 256 g/mol. The quantitative estimate of drug-likeness (QED) is 0.676. The highest BCUT2D eigenvalue weighted by molar-refractivity contribution is 5.75. The smallest absolute Gasteiger partial charge is 0.323 e. The summed E-state index contributed by atoms with van der Waals surface area (Å²) in [5.41, 5.74) is 0. The fourth-order valence-corrected chi connectivity index (χ4v) is 2.68. The lowest BCUT2D eigenvalue weighted by atomic mass is 9.96. The standard InChI is InChI=1S/C14H28N2O2/c1-5-13(14(17)18-6-2)16(4)11-12-7-9-15(3)10-8-12/h12-13H,5-11H2,1-4H3. The largest absolute Gasteiger partial charge is 0.465 e. The number of esters is 1. The number of rotatable bonds is 6. The van der Waals surface area contributed by atoms with Crippen LogP contribution in [0.15, 0.2) is 0 Å². The summed E-state index contributed by atoms with van der Waals surface area (Å²) in [4.78, 5) is 16.4. The molecule has 0 amide bonds. The minimum Gasteiger partial charge on any atom is -0.465 e. The molecular formula is C14H28N2O2. The van der Waals surface area contributed by atoms with E-state index < -0.39 is 0 Å². The van der Waals surface area contributed by atoms with Gasteiger partial charge in [0.15, 0.2) is 0 Å². The average molecular weight is 256 g/mol. The van der Waals surface area contributed by atoms with Crippen molar-refractivity contribution in [2.45, 2.75) is 39.2 Å². The molecule has 1 atom stereocenters. The van der Waals surface area contributed by atoms with Gasteiger partial charge in [0, 0.05) is 6.54 Å². The molecule has 1 saturated heterocycles. The Morgan fingerprint density at radius 2 is 2.00 bits per heavy atom. The molecule has 0 spiro atoms. The first-order valence-electron chi connectivity index (χ1n) is 7.13. The number of piperidine rings is 1. The van der Waals surface area contributed by atoms with E-state index in [0.29, 0.717) is 6.61 Å². The summed E-state index contributed by atoms with van der Waals surface area (Å²) in [7, 11) is 4.22. The lowest BCUT2D eigenvalue weighted by molar-refractivity contribution is -0.149. The number of hydrogen-bond acceptors (Lipinski definition) is 4. The molecule has 0 bridgehead atoms. The van der Waals surface area contributed by atoms with E-state index in [1.165, 1.54) is 25.9 Å². The highest BCUT2D eigenvalue weighted by Gasteiger charge is 2.26.